The molecule has 0 aromatic heterocycles. The molecule has 0 aliphatic rings. The fourth-order valence-corrected chi connectivity index (χ4v) is 2.20. The van der Waals surface area contributed by atoms with E-state index in [2.05, 4.69) is 14.8 Å². The van der Waals surface area contributed by atoms with Gasteiger partial charge < -0.3 is 19.5 Å². The summed E-state index contributed by atoms with van der Waals surface area (Å²) in [4.78, 5) is 47.4. The maximum Gasteiger partial charge on any atom is 0.339 e. The Morgan fingerprint density at radius 1 is 0.893 bits per heavy atom. The normalized spacial score (nSPS) is 9.96. The minimum atomic E-state index is -0.897. The van der Waals surface area contributed by atoms with Gasteiger partial charge in [0, 0.05) is 0 Å². The van der Waals surface area contributed by atoms with Gasteiger partial charge in [-0.15, -0.1) is 0 Å². The number of anilines is 1. The number of rotatable bonds is 6. The first-order valence-corrected chi connectivity index (χ1v) is 7.89. The lowest BCUT2D eigenvalue weighted by Crippen LogP contribution is -2.22. The number of hydrogen-bond acceptors (Lipinski definition) is 7. The van der Waals surface area contributed by atoms with Gasteiger partial charge in [-0.05, 0) is 36.4 Å². The van der Waals surface area contributed by atoms with Crippen LogP contribution >= 0.6 is 0 Å². The minimum absolute atomic E-state index is 0.0139. The number of hydrogen-bond donors (Lipinski definition) is 1. The molecule has 0 atom stereocenters. The monoisotopic (exact) mass is 389 g/mol. The molecular weight excluding hydrogens is 373 g/mol. The van der Waals surface area contributed by atoms with E-state index in [1.165, 1.54) is 37.4 Å². The molecule has 1 amide bonds. The maximum atomic E-state index is 13.1. The zero-order valence-corrected chi connectivity index (χ0v) is 15.0. The molecule has 0 heterocycles. The lowest BCUT2D eigenvalue weighted by molar-refractivity contribution is -0.119. The highest BCUT2D eigenvalue weighted by atomic mass is 19.1. The van der Waals surface area contributed by atoms with Crippen molar-refractivity contribution in [2.75, 3.05) is 26.1 Å². The van der Waals surface area contributed by atoms with Crippen molar-refractivity contribution >= 4 is 29.5 Å². The van der Waals surface area contributed by atoms with E-state index in [4.69, 9.17) is 4.74 Å². The topological polar surface area (TPSA) is 108 Å². The summed E-state index contributed by atoms with van der Waals surface area (Å²) in [5, 5.41) is 2.36. The Hall–Kier alpha value is -3.75. The number of ether oxygens (including phenoxy) is 3. The van der Waals surface area contributed by atoms with Gasteiger partial charge >= 0.3 is 17.9 Å². The van der Waals surface area contributed by atoms with Gasteiger partial charge in [-0.3, -0.25) is 4.79 Å². The first-order chi connectivity index (χ1) is 13.3. The highest BCUT2D eigenvalue weighted by molar-refractivity contribution is 6.04. The lowest BCUT2D eigenvalue weighted by Gasteiger charge is -2.11. The van der Waals surface area contributed by atoms with Crippen LogP contribution < -0.4 is 5.32 Å². The molecule has 1 N–H and O–H groups in total. The Morgan fingerprint density at radius 3 is 2.21 bits per heavy atom. The van der Waals surface area contributed by atoms with Gasteiger partial charge in [-0.1, -0.05) is 6.07 Å². The van der Waals surface area contributed by atoms with E-state index in [0.29, 0.717) is 0 Å². The molecule has 9 heteroatoms. The second-order valence-corrected chi connectivity index (χ2v) is 5.38. The number of esters is 3. The quantitative estimate of drug-likeness (QED) is 0.596. The average molecular weight is 389 g/mol. The number of carbonyl (C=O) groups excluding carboxylic acids is 4. The van der Waals surface area contributed by atoms with E-state index < -0.39 is 36.2 Å². The SMILES string of the molecule is COC(=O)c1ccc(C(=O)OC)c(NC(=O)COC(=O)c2cccc(F)c2)c1. The number of methoxy groups -OCH3 is 2. The van der Waals surface area contributed by atoms with Crippen molar-refractivity contribution in [3.63, 3.8) is 0 Å². The summed E-state index contributed by atoms with van der Waals surface area (Å²) in [5.74, 6) is -3.72. The Labute approximate surface area is 159 Å². The van der Waals surface area contributed by atoms with Crippen LogP contribution in [-0.2, 0) is 19.0 Å². The zero-order chi connectivity index (χ0) is 20.7. The molecule has 0 saturated carbocycles. The number of halogens is 1. The van der Waals surface area contributed by atoms with Crippen LogP contribution in [0.3, 0.4) is 0 Å². The van der Waals surface area contributed by atoms with Gasteiger partial charge in [0.25, 0.3) is 5.91 Å². The molecule has 146 valence electrons. The van der Waals surface area contributed by atoms with Gasteiger partial charge in [0.2, 0.25) is 0 Å². The molecule has 0 fully saturated rings. The van der Waals surface area contributed by atoms with E-state index >= 15 is 0 Å². The maximum absolute atomic E-state index is 13.1. The first kappa shape index (κ1) is 20.6. The Balaban J connectivity index is 2.12. The summed E-state index contributed by atoms with van der Waals surface area (Å²) in [5.41, 5.74) is -0.0144. The van der Waals surface area contributed by atoms with Crippen LogP contribution in [0.15, 0.2) is 42.5 Å². The van der Waals surface area contributed by atoms with E-state index in [0.717, 1.165) is 19.2 Å². The summed E-state index contributed by atoms with van der Waals surface area (Å²) in [6.45, 7) is -0.696. The molecule has 28 heavy (non-hydrogen) atoms. The number of carbonyl (C=O) groups is 4. The molecule has 8 nitrogen and oxygen atoms in total. The number of amides is 1. The third-order valence-electron chi connectivity index (χ3n) is 3.51. The van der Waals surface area contributed by atoms with Gasteiger partial charge in [0.15, 0.2) is 6.61 Å². The summed E-state index contributed by atoms with van der Waals surface area (Å²) >= 11 is 0. The molecule has 0 bridgehead atoms. The highest BCUT2D eigenvalue weighted by Crippen LogP contribution is 2.20. The average Bonchev–Trinajstić information content (AvgIpc) is 2.70. The predicted molar refractivity (Wildman–Crippen MR) is 94.4 cm³/mol. The van der Waals surface area contributed by atoms with Crippen LogP contribution in [0.1, 0.15) is 31.1 Å². The summed E-state index contributed by atoms with van der Waals surface area (Å²) in [6, 6.07) is 8.63. The Bertz CT molecular complexity index is 926. The fourth-order valence-electron chi connectivity index (χ4n) is 2.20. The van der Waals surface area contributed by atoms with Crippen molar-refractivity contribution in [2.24, 2.45) is 0 Å². The number of nitrogens with one attached hydrogen (secondary N) is 1. The molecular formula is C19H16FNO7. The minimum Gasteiger partial charge on any atom is -0.465 e. The van der Waals surface area contributed by atoms with Gasteiger partial charge in [-0.25, -0.2) is 18.8 Å². The van der Waals surface area contributed by atoms with Gasteiger partial charge in [0.05, 0.1) is 36.6 Å². The largest absolute Gasteiger partial charge is 0.465 e. The summed E-state index contributed by atoms with van der Waals surface area (Å²) < 4.78 is 27.2. The standard InChI is InChI=1S/C19H16FNO7/c1-26-17(23)12-6-7-14(19(25)27-2)15(9-12)21-16(22)10-28-18(24)11-4-3-5-13(20)8-11/h3-9H,10H2,1-2H3,(H,21,22). The highest BCUT2D eigenvalue weighted by Gasteiger charge is 2.18. The smallest absolute Gasteiger partial charge is 0.339 e. The van der Waals surface area contributed by atoms with E-state index in [1.807, 2.05) is 0 Å². The fraction of sp³-hybridized carbons (Fsp3) is 0.158. The molecule has 0 radical (unpaired) electrons. The molecule has 2 rings (SSSR count). The van der Waals surface area contributed by atoms with Crippen molar-refractivity contribution in [3.05, 3.63) is 65.0 Å². The molecule has 0 unspecified atom stereocenters. The molecule has 2 aromatic carbocycles. The van der Waals surface area contributed by atoms with Crippen LogP contribution in [0.25, 0.3) is 0 Å². The van der Waals surface area contributed by atoms with Crippen LogP contribution in [-0.4, -0.2) is 44.6 Å². The molecule has 2 aromatic rings. The second-order valence-electron chi connectivity index (χ2n) is 5.38. The van der Waals surface area contributed by atoms with Crippen LogP contribution in [0, 0.1) is 5.82 Å². The van der Waals surface area contributed by atoms with Crippen LogP contribution in [0.2, 0.25) is 0 Å². The predicted octanol–water partition coefficient (Wildman–Crippen LogP) is 2.19. The van der Waals surface area contributed by atoms with Crippen LogP contribution in [0.5, 0.6) is 0 Å². The van der Waals surface area contributed by atoms with Crippen molar-refractivity contribution in [1.82, 2.24) is 0 Å². The van der Waals surface area contributed by atoms with Crippen molar-refractivity contribution in [1.29, 1.82) is 0 Å². The second kappa shape index (κ2) is 9.26. The van der Waals surface area contributed by atoms with Crippen molar-refractivity contribution < 1.29 is 37.8 Å². The van der Waals surface area contributed by atoms with Gasteiger partial charge in [-0.2, -0.15) is 0 Å². The van der Waals surface area contributed by atoms with Crippen LogP contribution in [0.4, 0.5) is 10.1 Å². The third-order valence-corrected chi connectivity index (χ3v) is 3.51. The molecule has 0 spiro atoms. The molecule has 0 aliphatic heterocycles. The lowest BCUT2D eigenvalue weighted by atomic mass is 10.1. The molecule has 0 aliphatic carbocycles. The van der Waals surface area contributed by atoms with E-state index in [9.17, 15) is 23.6 Å². The first-order valence-electron chi connectivity index (χ1n) is 7.89. The van der Waals surface area contributed by atoms with Crippen molar-refractivity contribution in [3.8, 4) is 0 Å². The summed E-state index contributed by atoms with van der Waals surface area (Å²) in [6.07, 6.45) is 0. The van der Waals surface area contributed by atoms with Gasteiger partial charge in [0.1, 0.15) is 5.82 Å². The summed E-state index contributed by atoms with van der Waals surface area (Å²) in [7, 11) is 2.34. The Kier molecular flexibility index (Phi) is 6.80. The third kappa shape index (κ3) is 5.13. The number of benzene rings is 2. The van der Waals surface area contributed by atoms with E-state index in [-0.39, 0.29) is 22.4 Å². The zero-order valence-electron chi connectivity index (χ0n) is 15.0. The van der Waals surface area contributed by atoms with Crippen molar-refractivity contribution in [2.45, 2.75) is 0 Å². The van der Waals surface area contributed by atoms with E-state index in [1.54, 1.807) is 0 Å². The molecule has 0 saturated heterocycles. The Morgan fingerprint density at radius 2 is 1.57 bits per heavy atom.